The summed E-state index contributed by atoms with van der Waals surface area (Å²) in [5.41, 5.74) is 7.03. The van der Waals surface area contributed by atoms with Crippen LogP contribution in [0.4, 0.5) is 10.1 Å². The molecule has 0 saturated heterocycles. The van der Waals surface area contributed by atoms with Gasteiger partial charge in [0.15, 0.2) is 0 Å². The summed E-state index contributed by atoms with van der Waals surface area (Å²) in [6.07, 6.45) is 0. The summed E-state index contributed by atoms with van der Waals surface area (Å²) in [6, 6.07) is 9.21. The molecule has 6 heteroatoms. The number of rotatable bonds is 3. The van der Waals surface area contributed by atoms with Gasteiger partial charge in [-0.15, -0.1) is 0 Å². The van der Waals surface area contributed by atoms with E-state index in [1.807, 2.05) is 0 Å². The first-order valence-corrected chi connectivity index (χ1v) is 5.81. The highest BCUT2D eigenvalue weighted by Gasteiger charge is 2.15. The molecule has 0 aromatic heterocycles. The van der Waals surface area contributed by atoms with E-state index in [1.165, 1.54) is 36.4 Å². The first-order valence-electron chi connectivity index (χ1n) is 5.43. The van der Waals surface area contributed by atoms with Crippen molar-refractivity contribution in [2.24, 2.45) is 5.73 Å². The molecule has 4 nitrogen and oxygen atoms in total. The molecule has 2 aromatic rings. The number of halogens is 2. The number of nitro groups is 1. The summed E-state index contributed by atoms with van der Waals surface area (Å²) >= 11 is 5.83. The molecule has 0 aliphatic heterocycles. The van der Waals surface area contributed by atoms with Crippen molar-refractivity contribution in [1.82, 2.24) is 0 Å². The van der Waals surface area contributed by atoms with E-state index >= 15 is 0 Å². The van der Waals surface area contributed by atoms with Crippen LogP contribution in [0.2, 0.25) is 5.02 Å². The normalized spacial score (nSPS) is 12.2. The zero-order valence-electron chi connectivity index (χ0n) is 9.72. The van der Waals surface area contributed by atoms with Gasteiger partial charge in [-0.25, -0.2) is 4.39 Å². The summed E-state index contributed by atoms with van der Waals surface area (Å²) in [6.45, 7) is 0. The topological polar surface area (TPSA) is 69.2 Å². The second kappa shape index (κ2) is 5.34. The van der Waals surface area contributed by atoms with Gasteiger partial charge >= 0.3 is 0 Å². The lowest BCUT2D eigenvalue weighted by molar-refractivity contribution is -0.384. The van der Waals surface area contributed by atoms with Gasteiger partial charge in [-0.3, -0.25) is 10.1 Å². The van der Waals surface area contributed by atoms with Crippen molar-refractivity contribution >= 4 is 17.3 Å². The summed E-state index contributed by atoms with van der Waals surface area (Å²) in [7, 11) is 0. The zero-order chi connectivity index (χ0) is 14.0. The van der Waals surface area contributed by atoms with E-state index in [-0.39, 0.29) is 16.5 Å². The summed E-state index contributed by atoms with van der Waals surface area (Å²) in [5, 5.41) is 11.0. The van der Waals surface area contributed by atoms with Crippen LogP contribution in [0.5, 0.6) is 0 Å². The second-order valence-corrected chi connectivity index (χ2v) is 4.47. The van der Waals surface area contributed by atoms with Crippen molar-refractivity contribution in [2.45, 2.75) is 6.04 Å². The highest BCUT2D eigenvalue weighted by molar-refractivity contribution is 6.30. The Morgan fingerprint density at radius 3 is 2.37 bits per heavy atom. The SMILES string of the molecule is NC(c1ccc(F)cc1)c1cc(Cl)cc([N+](=O)[O-])c1. The molecule has 0 amide bonds. The third-order valence-corrected chi connectivity index (χ3v) is 2.92. The van der Waals surface area contributed by atoms with Gasteiger partial charge in [-0.2, -0.15) is 0 Å². The maximum atomic E-state index is 12.8. The van der Waals surface area contributed by atoms with Crippen molar-refractivity contribution in [3.63, 3.8) is 0 Å². The maximum absolute atomic E-state index is 12.8. The number of hydrogen-bond donors (Lipinski definition) is 1. The van der Waals surface area contributed by atoms with Crippen LogP contribution in [0.1, 0.15) is 17.2 Å². The second-order valence-electron chi connectivity index (χ2n) is 4.03. The van der Waals surface area contributed by atoms with Gasteiger partial charge < -0.3 is 5.73 Å². The number of non-ortho nitro benzene ring substituents is 1. The highest BCUT2D eigenvalue weighted by Crippen LogP contribution is 2.27. The van der Waals surface area contributed by atoms with Gasteiger partial charge in [0, 0.05) is 17.2 Å². The average molecular weight is 281 g/mol. The number of nitrogens with zero attached hydrogens (tertiary/aromatic N) is 1. The fraction of sp³-hybridized carbons (Fsp3) is 0.0769. The zero-order valence-corrected chi connectivity index (χ0v) is 10.5. The minimum absolute atomic E-state index is 0.125. The lowest BCUT2D eigenvalue weighted by Crippen LogP contribution is -2.12. The molecule has 2 rings (SSSR count). The van der Waals surface area contributed by atoms with E-state index in [4.69, 9.17) is 17.3 Å². The Hall–Kier alpha value is -1.98. The lowest BCUT2D eigenvalue weighted by Gasteiger charge is -2.12. The first-order chi connectivity index (χ1) is 8.97. The Morgan fingerprint density at radius 1 is 1.16 bits per heavy atom. The summed E-state index contributed by atoms with van der Waals surface area (Å²) in [5.74, 6) is -0.368. The number of hydrogen-bond acceptors (Lipinski definition) is 3. The molecule has 98 valence electrons. The van der Waals surface area contributed by atoms with Gasteiger partial charge in [-0.05, 0) is 29.3 Å². The molecule has 0 bridgehead atoms. The van der Waals surface area contributed by atoms with E-state index in [9.17, 15) is 14.5 Å². The molecule has 1 atom stereocenters. The minimum atomic E-state index is -0.599. The van der Waals surface area contributed by atoms with E-state index in [2.05, 4.69) is 0 Å². The molecule has 19 heavy (non-hydrogen) atoms. The predicted molar refractivity (Wildman–Crippen MR) is 70.5 cm³/mol. The van der Waals surface area contributed by atoms with Crippen molar-refractivity contribution < 1.29 is 9.31 Å². The van der Waals surface area contributed by atoms with Crippen molar-refractivity contribution in [3.8, 4) is 0 Å². The quantitative estimate of drug-likeness (QED) is 0.692. The van der Waals surface area contributed by atoms with Crippen LogP contribution >= 0.6 is 11.6 Å². The third-order valence-electron chi connectivity index (χ3n) is 2.70. The number of benzene rings is 2. The summed E-state index contributed by atoms with van der Waals surface area (Å²) in [4.78, 5) is 10.2. The molecule has 0 aliphatic carbocycles. The average Bonchev–Trinajstić information content (AvgIpc) is 2.38. The molecule has 0 heterocycles. The van der Waals surface area contributed by atoms with Crippen LogP contribution in [0.3, 0.4) is 0 Å². The van der Waals surface area contributed by atoms with Crippen LogP contribution in [-0.4, -0.2) is 4.92 Å². The van der Waals surface area contributed by atoms with Gasteiger partial charge in [0.2, 0.25) is 0 Å². The van der Waals surface area contributed by atoms with Crippen molar-refractivity contribution in [2.75, 3.05) is 0 Å². The molecule has 0 aliphatic rings. The first kappa shape index (κ1) is 13.5. The Kier molecular flexibility index (Phi) is 3.78. The van der Waals surface area contributed by atoms with Crippen molar-refractivity contribution in [3.05, 3.63) is 74.5 Å². The van der Waals surface area contributed by atoms with Crippen molar-refractivity contribution in [1.29, 1.82) is 0 Å². The Labute approximate surface area is 113 Å². The van der Waals surface area contributed by atoms with Gasteiger partial charge in [0.05, 0.1) is 11.0 Å². The molecule has 2 aromatic carbocycles. The standard InChI is InChI=1S/C13H10ClFN2O2/c14-10-5-9(6-12(7-10)17(18)19)13(16)8-1-3-11(15)4-2-8/h1-7,13H,16H2. The van der Waals surface area contributed by atoms with Crippen LogP contribution < -0.4 is 5.73 Å². The van der Waals surface area contributed by atoms with Crippen LogP contribution in [0.25, 0.3) is 0 Å². The Morgan fingerprint density at radius 2 is 1.79 bits per heavy atom. The lowest BCUT2D eigenvalue weighted by atomic mass is 9.99. The van der Waals surface area contributed by atoms with E-state index < -0.39 is 11.0 Å². The fourth-order valence-electron chi connectivity index (χ4n) is 1.74. The van der Waals surface area contributed by atoms with Gasteiger partial charge in [0.1, 0.15) is 5.82 Å². The molecule has 0 saturated carbocycles. The molecule has 0 fully saturated rings. The maximum Gasteiger partial charge on any atom is 0.271 e. The Bertz CT molecular complexity index is 617. The molecule has 0 radical (unpaired) electrons. The third kappa shape index (κ3) is 3.07. The van der Waals surface area contributed by atoms with E-state index in [0.29, 0.717) is 11.1 Å². The highest BCUT2D eigenvalue weighted by atomic mass is 35.5. The number of nitro benzene ring substituents is 1. The molecule has 1 unspecified atom stereocenters. The smallest absolute Gasteiger partial charge is 0.271 e. The van der Waals surface area contributed by atoms with Gasteiger partial charge in [0.25, 0.3) is 5.69 Å². The van der Waals surface area contributed by atoms with Crippen LogP contribution in [0, 0.1) is 15.9 Å². The Balaban J connectivity index is 2.40. The summed E-state index contributed by atoms with van der Waals surface area (Å²) < 4.78 is 12.8. The molecular weight excluding hydrogens is 271 g/mol. The fourth-order valence-corrected chi connectivity index (χ4v) is 1.98. The largest absolute Gasteiger partial charge is 0.320 e. The van der Waals surface area contributed by atoms with E-state index in [0.717, 1.165) is 0 Å². The molecule has 2 N–H and O–H groups in total. The van der Waals surface area contributed by atoms with Crippen LogP contribution in [-0.2, 0) is 0 Å². The predicted octanol–water partition coefficient (Wildman–Crippen LogP) is 3.44. The molecular formula is C13H10ClFN2O2. The number of nitrogens with two attached hydrogens (primary N) is 1. The molecule has 0 spiro atoms. The van der Waals surface area contributed by atoms with Crippen LogP contribution in [0.15, 0.2) is 42.5 Å². The van der Waals surface area contributed by atoms with Gasteiger partial charge in [-0.1, -0.05) is 23.7 Å². The van der Waals surface area contributed by atoms with E-state index in [1.54, 1.807) is 6.07 Å². The monoisotopic (exact) mass is 280 g/mol. The minimum Gasteiger partial charge on any atom is -0.320 e.